The number of anilines is 1. The summed E-state index contributed by atoms with van der Waals surface area (Å²) in [6.07, 6.45) is 7.35. The highest BCUT2D eigenvalue weighted by atomic mass is 15.3. The summed E-state index contributed by atoms with van der Waals surface area (Å²) in [6, 6.07) is -0.00101. The van der Waals surface area contributed by atoms with Crippen LogP contribution >= 0.6 is 0 Å². The van der Waals surface area contributed by atoms with Gasteiger partial charge in [-0.15, -0.1) is 0 Å². The standard InChI is InChI=1S/C11H19N7/c1-17-7-8(5-14-17)3-4-10(16-13)9-6-15-18(2)11(9)12/h5-7,10,16H,3-4,12-13H2,1-2H3. The number of rotatable bonds is 5. The first-order valence-corrected chi connectivity index (χ1v) is 5.83. The molecule has 2 aromatic rings. The summed E-state index contributed by atoms with van der Waals surface area (Å²) in [5, 5.41) is 8.26. The lowest BCUT2D eigenvalue weighted by Gasteiger charge is -2.14. The molecule has 7 heteroatoms. The lowest BCUT2D eigenvalue weighted by Crippen LogP contribution is -2.28. The van der Waals surface area contributed by atoms with Gasteiger partial charge in [0, 0.05) is 25.9 Å². The largest absolute Gasteiger partial charge is 0.384 e. The van der Waals surface area contributed by atoms with Crippen LogP contribution in [0.5, 0.6) is 0 Å². The van der Waals surface area contributed by atoms with Crippen molar-refractivity contribution in [1.29, 1.82) is 0 Å². The summed E-state index contributed by atoms with van der Waals surface area (Å²) in [7, 11) is 3.72. The average Bonchev–Trinajstić information content (AvgIpc) is 2.90. The summed E-state index contributed by atoms with van der Waals surface area (Å²) in [4.78, 5) is 0. The van der Waals surface area contributed by atoms with Gasteiger partial charge in [0.05, 0.1) is 18.4 Å². The molecule has 0 aromatic carbocycles. The van der Waals surface area contributed by atoms with Gasteiger partial charge >= 0.3 is 0 Å². The van der Waals surface area contributed by atoms with Crippen LogP contribution in [-0.2, 0) is 20.5 Å². The molecule has 2 rings (SSSR count). The first-order valence-electron chi connectivity index (χ1n) is 5.83. The Bertz CT molecular complexity index is 513. The second kappa shape index (κ2) is 5.19. The fourth-order valence-electron chi connectivity index (χ4n) is 1.97. The van der Waals surface area contributed by atoms with E-state index in [0.29, 0.717) is 5.82 Å². The number of hydrogen-bond acceptors (Lipinski definition) is 5. The van der Waals surface area contributed by atoms with Crippen molar-refractivity contribution in [3.8, 4) is 0 Å². The van der Waals surface area contributed by atoms with Crippen LogP contribution in [0.4, 0.5) is 5.82 Å². The molecule has 0 saturated carbocycles. The Morgan fingerprint density at radius 3 is 2.61 bits per heavy atom. The van der Waals surface area contributed by atoms with Crippen molar-refractivity contribution < 1.29 is 0 Å². The maximum atomic E-state index is 5.94. The smallest absolute Gasteiger partial charge is 0.126 e. The van der Waals surface area contributed by atoms with Crippen LogP contribution in [0.2, 0.25) is 0 Å². The topological polar surface area (TPSA) is 99.7 Å². The Balaban J connectivity index is 2.04. The van der Waals surface area contributed by atoms with E-state index in [0.717, 1.165) is 18.4 Å². The first-order chi connectivity index (χ1) is 8.61. The molecule has 2 aromatic heterocycles. The number of nitrogens with zero attached hydrogens (tertiary/aromatic N) is 4. The maximum Gasteiger partial charge on any atom is 0.126 e. The second-order valence-electron chi connectivity index (χ2n) is 4.39. The molecule has 0 spiro atoms. The van der Waals surface area contributed by atoms with Crippen molar-refractivity contribution in [2.24, 2.45) is 19.9 Å². The van der Waals surface area contributed by atoms with Crippen LogP contribution in [0.15, 0.2) is 18.6 Å². The monoisotopic (exact) mass is 249 g/mol. The lowest BCUT2D eigenvalue weighted by molar-refractivity contribution is 0.517. The van der Waals surface area contributed by atoms with Gasteiger partial charge in [-0.25, -0.2) is 0 Å². The van der Waals surface area contributed by atoms with E-state index in [2.05, 4.69) is 15.6 Å². The summed E-state index contributed by atoms with van der Waals surface area (Å²) < 4.78 is 3.43. The third-order valence-corrected chi connectivity index (χ3v) is 3.07. The number of aryl methyl sites for hydroxylation is 3. The van der Waals surface area contributed by atoms with E-state index in [-0.39, 0.29) is 6.04 Å². The fraction of sp³-hybridized carbons (Fsp3) is 0.455. The molecule has 0 radical (unpaired) electrons. The second-order valence-corrected chi connectivity index (χ2v) is 4.39. The molecule has 0 aliphatic carbocycles. The van der Waals surface area contributed by atoms with E-state index in [1.54, 1.807) is 15.6 Å². The van der Waals surface area contributed by atoms with Crippen molar-refractivity contribution in [3.05, 3.63) is 29.7 Å². The van der Waals surface area contributed by atoms with E-state index in [9.17, 15) is 0 Å². The van der Waals surface area contributed by atoms with Crippen molar-refractivity contribution in [2.75, 3.05) is 5.73 Å². The molecule has 0 bridgehead atoms. The Hall–Kier alpha value is -1.86. The van der Waals surface area contributed by atoms with Crippen molar-refractivity contribution in [2.45, 2.75) is 18.9 Å². The fourth-order valence-corrected chi connectivity index (χ4v) is 1.97. The predicted octanol–water partition coefficient (Wildman–Crippen LogP) is -0.127. The minimum atomic E-state index is -0.00101. The molecular weight excluding hydrogens is 230 g/mol. The number of hydrogen-bond donors (Lipinski definition) is 3. The van der Waals surface area contributed by atoms with E-state index in [1.165, 1.54) is 5.56 Å². The molecular formula is C11H19N7. The molecule has 1 atom stereocenters. The first kappa shape index (κ1) is 12.6. The van der Waals surface area contributed by atoms with Gasteiger partial charge in [0.2, 0.25) is 0 Å². The maximum absolute atomic E-state index is 5.94. The summed E-state index contributed by atoms with van der Waals surface area (Å²) in [5.41, 5.74) is 10.8. The Morgan fingerprint density at radius 2 is 2.11 bits per heavy atom. The van der Waals surface area contributed by atoms with Crippen LogP contribution in [0.1, 0.15) is 23.6 Å². The molecule has 0 fully saturated rings. The molecule has 0 aliphatic heterocycles. The van der Waals surface area contributed by atoms with E-state index in [4.69, 9.17) is 11.6 Å². The molecule has 7 nitrogen and oxygen atoms in total. The van der Waals surface area contributed by atoms with Crippen molar-refractivity contribution in [3.63, 3.8) is 0 Å². The van der Waals surface area contributed by atoms with Gasteiger partial charge in [0.15, 0.2) is 0 Å². The van der Waals surface area contributed by atoms with E-state index < -0.39 is 0 Å². The third kappa shape index (κ3) is 2.52. The Kier molecular flexibility index (Phi) is 3.63. The van der Waals surface area contributed by atoms with Crippen LogP contribution in [0.25, 0.3) is 0 Å². The van der Waals surface area contributed by atoms with E-state index in [1.807, 2.05) is 26.5 Å². The van der Waals surface area contributed by atoms with Gasteiger partial charge in [-0.05, 0) is 18.4 Å². The number of nitrogens with two attached hydrogens (primary N) is 2. The van der Waals surface area contributed by atoms with Crippen molar-refractivity contribution in [1.82, 2.24) is 25.0 Å². The van der Waals surface area contributed by atoms with Gasteiger partial charge in [0.1, 0.15) is 5.82 Å². The summed E-state index contributed by atoms with van der Waals surface area (Å²) >= 11 is 0. The molecule has 5 N–H and O–H groups in total. The number of nitrogens with one attached hydrogen (secondary N) is 1. The van der Waals surface area contributed by atoms with Gasteiger partial charge < -0.3 is 5.73 Å². The molecule has 0 aliphatic rings. The number of aromatic nitrogens is 4. The highest BCUT2D eigenvalue weighted by Crippen LogP contribution is 2.23. The molecule has 2 heterocycles. The van der Waals surface area contributed by atoms with Gasteiger partial charge in [-0.1, -0.05) is 0 Å². The minimum Gasteiger partial charge on any atom is -0.384 e. The molecule has 0 amide bonds. The number of nitrogen functional groups attached to an aromatic ring is 1. The van der Waals surface area contributed by atoms with E-state index >= 15 is 0 Å². The Morgan fingerprint density at radius 1 is 1.33 bits per heavy atom. The van der Waals surface area contributed by atoms with Crippen LogP contribution in [0.3, 0.4) is 0 Å². The molecule has 0 saturated heterocycles. The highest BCUT2D eigenvalue weighted by Gasteiger charge is 2.16. The lowest BCUT2D eigenvalue weighted by atomic mass is 10.0. The van der Waals surface area contributed by atoms with Crippen LogP contribution in [0, 0.1) is 0 Å². The Labute approximate surface area is 106 Å². The quantitative estimate of drug-likeness (QED) is 0.506. The average molecular weight is 249 g/mol. The molecule has 98 valence electrons. The summed E-state index contributed by atoms with van der Waals surface area (Å²) in [6.45, 7) is 0. The highest BCUT2D eigenvalue weighted by molar-refractivity contribution is 5.40. The zero-order chi connectivity index (χ0) is 13.1. The minimum absolute atomic E-state index is 0.00101. The van der Waals surface area contributed by atoms with Crippen LogP contribution < -0.4 is 17.0 Å². The zero-order valence-corrected chi connectivity index (χ0v) is 10.7. The molecule has 1 unspecified atom stereocenters. The predicted molar refractivity (Wildman–Crippen MR) is 69.2 cm³/mol. The van der Waals surface area contributed by atoms with Crippen molar-refractivity contribution >= 4 is 5.82 Å². The summed E-state index contributed by atoms with van der Waals surface area (Å²) in [5.74, 6) is 6.23. The van der Waals surface area contributed by atoms with Gasteiger partial charge in [-0.2, -0.15) is 10.2 Å². The van der Waals surface area contributed by atoms with Crippen LogP contribution in [-0.4, -0.2) is 19.6 Å². The molecule has 18 heavy (non-hydrogen) atoms. The third-order valence-electron chi connectivity index (χ3n) is 3.07. The zero-order valence-electron chi connectivity index (χ0n) is 10.7. The SMILES string of the molecule is Cn1cc(CCC(NN)c2cnn(C)c2N)cn1. The number of hydrazine groups is 1. The normalized spacial score (nSPS) is 12.8. The van der Waals surface area contributed by atoms with Gasteiger partial charge in [-0.3, -0.25) is 20.6 Å². The van der Waals surface area contributed by atoms with Gasteiger partial charge in [0.25, 0.3) is 0 Å².